The molecule has 0 rings (SSSR count). The van der Waals surface area contributed by atoms with Crippen LogP contribution >= 0.6 is 12.2 Å². The Kier molecular flexibility index (Phi) is 2.70. The van der Waals surface area contributed by atoms with Gasteiger partial charge in [-0.1, -0.05) is 0 Å². The summed E-state index contributed by atoms with van der Waals surface area (Å²) in [5.74, 6) is 0. The normalized spacial score (nSPS) is 7.50. The standard InChI is InChI=1S/C2H6N2OS/c3-2(6)4-1-5/h5H,1H2,(H3,3,4,6). The first-order valence-corrected chi connectivity index (χ1v) is 1.82. The van der Waals surface area contributed by atoms with Crippen molar-refractivity contribution in [3.05, 3.63) is 0 Å². The van der Waals surface area contributed by atoms with E-state index in [1.165, 1.54) is 0 Å². The zero-order valence-electron chi connectivity index (χ0n) is 3.14. The van der Waals surface area contributed by atoms with Gasteiger partial charge in [0.2, 0.25) is 0 Å². The zero-order chi connectivity index (χ0) is 4.99. The lowest BCUT2D eigenvalue weighted by Gasteiger charge is -1.92. The summed E-state index contributed by atoms with van der Waals surface area (Å²) >= 11 is 4.30. The molecule has 0 aromatic heterocycles. The molecule has 4 N–H and O–H groups in total. The summed E-state index contributed by atoms with van der Waals surface area (Å²) in [6.07, 6.45) is 0. The fourth-order valence-corrected chi connectivity index (χ4v) is 0.142. The highest BCUT2D eigenvalue weighted by molar-refractivity contribution is 7.80. The summed E-state index contributed by atoms with van der Waals surface area (Å²) in [5, 5.41) is 10.4. The molecule has 0 heterocycles. The Morgan fingerprint density at radius 2 is 2.50 bits per heavy atom. The molecule has 0 bridgehead atoms. The van der Waals surface area contributed by atoms with Gasteiger partial charge in [0.05, 0.1) is 0 Å². The van der Waals surface area contributed by atoms with E-state index in [1.54, 1.807) is 0 Å². The van der Waals surface area contributed by atoms with Gasteiger partial charge in [-0.3, -0.25) is 0 Å². The lowest BCUT2D eigenvalue weighted by molar-refractivity contribution is 0.286. The average molecular weight is 106 g/mol. The molecule has 6 heavy (non-hydrogen) atoms. The van der Waals surface area contributed by atoms with Crippen molar-refractivity contribution >= 4 is 17.3 Å². The molecule has 0 fully saturated rings. The summed E-state index contributed by atoms with van der Waals surface area (Å²) in [4.78, 5) is 0. The molecule has 4 heteroatoms. The monoisotopic (exact) mass is 106 g/mol. The minimum absolute atomic E-state index is 0.123. The van der Waals surface area contributed by atoms with E-state index in [2.05, 4.69) is 17.5 Å². The molecule has 3 nitrogen and oxygen atoms in total. The maximum atomic E-state index is 7.96. The highest BCUT2D eigenvalue weighted by Crippen LogP contribution is 1.49. The fourth-order valence-electron chi connectivity index (χ4n) is 0.0779. The molecule has 0 aliphatic rings. The van der Waals surface area contributed by atoms with Crippen LogP contribution in [0.3, 0.4) is 0 Å². The van der Waals surface area contributed by atoms with Crippen molar-refractivity contribution in [2.75, 3.05) is 6.73 Å². The Morgan fingerprint density at radius 3 is 2.50 bits per heavy atom. The first kappa shape index (κ1) is 5.65. The van der Waals surface area contributed by atoms with Gasteiger partial charge in [0.15, 0.2) is 5.11 Å². The molecule has 0 atom stereocenters. The van der Waals surface area contributed by atoms with E-state index in [1.807, 2.05) is 0 Å². The molecule has 0 aromatic carbocycles. The summed E-state index contributed by atoms with van der Waals surface area (Å²) in [6.45, 7) is -0.185. The van der Waals surface area contributed by atoms with E-state index >= 15 is 0 Å². The van der Waals surface area contributed by atoms with Gasteiger partial charge in [0.1, 0.15) is 6.73 Å². The molecule has 36 valence electrons. The van der Waals surface area contributed by atoms with Crippen molar-refractivity contribution in [2.45, 2.75) is 0 Å². The van der Waals surface area contributed by atoms with Gasteiger partial charge in [-0.25, -0.2) is 0 Å². The van der Waals surface area contributed by atoms with Gasteiger partial charge in [0, 0.05) is 0 Å². The number of hydrogen-bond donors (Lipinski definition) is 3. The lowest BCUT2D eigenvalue weighted by Crippen LogP contribution is -2.29. The predicted octanol–water partition coefficient (Wildman–Crippen LogP) is -1.23. The van der Waals surface area contributed by atoms with Crippen molar-refractivity contribution in [1.82, 2.24) is 5.32 Å². The number of aliphatic hydroxyl groups is 1. The van der Waals surface area contributed by atoms with E-state index < -0.39 is 0 Å². The number of aliphatic hydroxyl groups excluding tert-OH is 1. The Balaban J connectivity index is 2.83. The van der Waals surface area contributed by atoms with Crippen LogP contribution in [0.15, 0.2) is 0 Å². The Hall–Kier alpha value is -0.350. The number of rotatable bonds is 1. The van der Waals surface area contributed by atoms with Crippen LogP contribution < -0.4 is 11.1 Å². The van der Waals surface area contributed by atoms with Crippen LogP contribution in [0.5, 0.6) is 0 Å². The zero-order valence-corrected chi connectivity index (χ0v) is 3.96. The number of nitrogens with two attached hydrogens (primary N) is 1. The van der Waals surface area contributed by atoms with E-state index in [0.717, 1.165) is 0 Å². The molecular formula is C2H6N2OS. The van der Waals surface area contributed by atoms with Gasteiger partial charge >= 0.3 is 0 Å². The third-order valence-corrected chi connectivity index (χ3v) is 0.398. The van der Waals surface area contributed by atoms with Crippen LogP contribution in [0.4, 0.5) is 0 Å². The summed E-state index contributed by atoms with van der Waals surface area (Å²) in [5.41, 5.74) is 4.86. The van der Waals surface area contributed by atoms with Crippen LogP contribution in [0.25, 0.3) is 0 Å². The first-order valence-electron chi connectivity index (χ1n) is 1.41. The van der Waals surface area contributed by atoms with Crippen molar-refractivity contribution in [3.63, 3.8) is 0 Å². The second kappa shape index (κ2) is 2.87. The minimum Gasteiger partial charge on any atom is -0.377 e. The predicted molar refractivity (Wildman–Crippen MR) is 27.0 cm³/mol. The Labute approximate surface area is 41.1 Å². The largest absolute Gasteiger partial charge is 0.377 e. The number of nitrogens with one attached hydrogen (secondary N) is 1. The molecule has 0 aromatic rings. The quantitative estimate of drug-likeness (QED) is 0.289. The lowest BCUT2D eigenvalue weighted by atomic mass is 11.0. The summed E-state index contributed by atoms with van der Waals surface area (Å²) < 4.78 is 0. The number of hydrogen-bond acceptors (Lipinski definition) is 2. The van der Waals surface area contributed by atoms with E-state index in [9.17, 15) is 0 Å². The van der Waals surface area contributed by atoms with Crippen molar-refractivity contribution in [1.29, 1.82) is 0 Å². The molecule has 0 aliphatic carbocycles. The fraction of sp³-hybridized carbons (Fsp3) is 0.500. The molecule has 0 saturated heterocycles. The van der Waals surface area contributed by atoms with Crippen molar-refractivity contribution in [2.24, 2.45) is 5.73 Å². The van der Waals surface area contributed by atoms with Crippen LogP contribution in [0.1, 0.15) is 0 Å². The average Bonchev–Trinajstić information content (AvgIpc) is 1.35. The molecule has 0 unspecified atom stereocenters. The number of thiocarbonyl (C=S) groups is 1. The smallest absolute Gasteiger partial charge is 0.165 e. The molecular weight excluding hydrogens is 100 g/mol. The van der Waals surface area contributed by atoms with E-state index in [-0.39, 0.29) is 11.8 Å². The topological polar surface area (TPSA) is 58.3 Å². The molecule has 0 saturated carbocycles. The molecule has 0 radical (unpaired) electrons. The molecule has 0 amide bonds. The maximum absolute atomic E-state index is 7.96. The Bertz CT molecular complexity index is 55.5. The van der Waals surface area contributed by atoms with Gasteiger partial charge in [-0.15, -0.1) is 0 Å². The van der Waals surface area contributed by atoms with Crippen LogP contribution in [-0.2, 0) is 0 Å². The Morgan fingerprint density at radius 1 is 2.00 bits per heavy atom. The first-order chi connectivity index (χ1) is 2.77. The van der Waals surface area contributed by atoms with Gasteiger partial charge in [0.25, 0.3) is 0 Å². The second-order valence-electron chi connectivity index (χ2n) is 0.699. The van der Waals surface area contributed by atoms with Crippen LogP contribution in [0.2, 0.25) is 0 Å². The van der Waals surface area contributed by atoms with E-state index in [0.29, 0.717) is 0 Å². The highest BCUT2D eigenvalue weighted by atomic mass is 32.1. The van der Waals surface area contributed by atoms with Crippen LogP contribution in [0, 0.1) is 0 Å². The second-order valence-corrected chi connectivity index (χ2v) is 1.14. The van der Waals surface area contributed by atoms with Crippen molar-refractivity contribution in [3.8, 4) is 0 Å². The van der Waals surface area contributed by atoms with Gasteiger partial charge in [-0.05, 0) is 12.2 Å². The summed E-state index contributed by atoms with van der Waals surface area (Å²) in [7, 11) is 0. The van der Waals surface area contributed by atoms with Crippen LogP contribution in [-0.4, -0.2) is 16.9 Å². The highest BCUT2D eigenvalue weighted by Gasteiger charge is 1.74. The third-order valence-electron chi connectivity index (χ3n) is 0.253. The summed E-state index contributed by atoms with van der Waals surface area (Å²) in [6, 6.07) is 0. The van der Waals surface area contributed by atoms with E-state index in [4.69, 9.17) is 10.8 Å². The third kappa shape index (κ3) is 3.65. The SMILES string of the molecule is NC(=S)NCO. The van der Waals surface area contributed by atoms with Gasteiger partial charge < -0.3 is 16.2 Å². The molecule has 0 aliphatic heterocycles. The molecule has 0 spiro atoms. The minimum atomic E-state index is -0.185. The van der Waals surface area contributed by atoms with Gasteiger partial charge in [-0.2, -0.15) is 0 Å². The van der Waals surface area contributed by atoms with Crippen molar-refractivity contribution < 1.29 is 5.11 Å². The maximum Gasteiger partial charge on any atom is 0.165 e.